The van der Waals surface area contributed by atoms with E-state index in [1.54, 1.807) is 19.1 Å². The molecule has 0 unspecified atom stereocenters. The summed E-state index contributed by atoms with van der Waals surface area (Å²) in [6.07, 6.45) is -0.250. The number of carbonyl (C=O) groups is 2. The van der Waals surface area contributed by atoms with E-state index in [-0.39, 0.29) is 18.9 Å². The van der Waals surface area contributed by atoms with Crippen LogP contribution in [0.25, 0.3) is 0 Å². The Morgan fingerprint density at radius 1 is 1.31 bits per heavy atom. The topological polar surface area (TPSA) is 55.4 Å². The van der Waals surface area contributed by atoms with E-state index in [1.807, 2.05) is 12.1 Å². The lowest BCUT2D eigenvalue weighted by molar-refractivity contribution is -0.145. The zero-order valence-electron chi connectivity index (χ0n) is 8.83. The van der Waals surface area contributed by atoms with Crippen molar-refractivity contribution in [2.45, 2.75) is 13.3 Å². The van der Waals surface area contributed by atoms with Crippen LogP contribution in [-0.2, 0) is 14.3 Å². The van der Waals surface area contributed by atoms with Crippen LogP contribution in [0.3, 0.4) is 0 Å². The molecule has 0 atom stereocenters. The van der Waals surface area contributed by atoms with Crippen molar-refractivity contribution in [2.24, 2.45) is 0 Å². The number of hydrogen-bond donors (Lipinski definition) is 1. The summed E-state index contributed by atoms with van der Waals surface area (Å²) in [4.78, 5) is 22.4. The molecule has 16 heavy (non-hydrogen) atoms. The third-order valence-electron chi connectivity index (χ3n) is 1.74. The average Bonchev–Trinajstić information content (AvgIpc) is 2.21. The molecule has 0 aromatic heterocycles. The van der Waals surface area contributed by atoms with Crippen molar-refractivity contribution in [3.8, 4) is 0 Å². The standard InChI is InChI=1S/C11H12INO3/c1-2-16-11(15)7-10(14)13-9-5-3-8(12)4-6-9/h3-6H,2,7H2,1H3,(H,13,14). The minimum atomic E-state index is -0.509. The quantitative estimate of drug-likeness (QED) is 0.522. The number of anilines is 1. The van der Waals surface area contributed by atoms with Gasteiger partial charge >= 0.3 is 5.97 Å². The summed E-state index contributed by atoms with van der Waals surface area (Å²) in [5, 5.41) is 2.62. The molecule has 1 N–H and O–H groups in total. The van der Waals surface area contributed by atoms with Crippen LogP contribution >= 0.6 is 22.6 Å². The summed E-state index contributed by atoms with van der Waals surface area (Å²) in [5.41, 5.74) is 0.676. The van der Waals surface area contributed by atoms with Gasteiger partial charge in [-0.2, -0.15) is 0 Å². The maximum atomic E-state index is 11.4. The number of esters is 1. The molecule has 5 heteroatoms. The zero-order valence-corrected chi connectivity index (χ0v) is 11.0. The lowest BCUT2D eigenvalue weighted by Crippen LogP contribution is -2.18. The van der Waals surface area contributed by atoms with E-state index in [0.29, 0.717) is 5.69 Å². The Balaban J connectivity index is 2.45. The molecule has 0 saturated heterocycles. The van der Waals surface area contributed by atoms with Crippen molar-refractivity contribution in [1.29, 1.82) is 0 Å². The van der Waals surface area contributed by atoms with Crippen LogP contribution in [0.4, 0.5) is 5.69 Å². The highest BCUT2D eigenvalue weighted by Gasteiger charge is 2.09. The van der Waals surface area contributed by atoms with Crippen LogP contribution in [0, 0.1) is 3.57 Å². The predicted molar refractivity (Wildman–Crippen MR) is 69.0 cm³/mol. The molecular weight excluding hydrogens is 321 g/mol. The smallest absolute Gasteiger partial charge is 0.315 e. The molecule has 0 fully saturated rings. The molecule has 1 amide bonds. The second-order valence-electron chi connectivity index (χ2n) is 3.04. The van der Waals surface area contributed by atoms with Gasteiger partial charge in [0.05, 0.1) is 6.61 Å². The molecule has 86 valence electrons. The van der Waals surface area contributed by atoms with Crippen molar-refractivity contribution in [3.63, 3.8) is 0 Å². The zero-order chi connectivity index (χ0) is 12.0. The Morgan fingerprint density at radius 2 is 1.94 bits per heavy atom. The highest BCUT2D eigenvalue weighted by Crippen LogP contribution is 2.11. The second kappa shape index (κ2) is 6.47. The van der Waals surface area contributed by atoms with Gasteiger partial charge in [0.15, 0.2) is 0 Å². The third kappa shape index (κ3) is 4.61. The average molecular weight is 333 g/mol. The normalized spacial score (nSPS) is 9.62. The van der Waals surface area contributed by atoms with E-state index in [4.69, 9.17) is 0 Å². The Kier molecular flexibility index (Phi) is 5.24. The first kappa shape index (κ1) is 13.0. The number of hydrogen-bond acceptors (Lipinski definition) is 3. The number of nitrogens with one attached hydrogen (secondary N) is 1. The first-order chi connectivity index (χ1) is 7.61. The number of carbonyl (C=O) groups excluding carboxylic acids is 2. The van der Waals surface area contributed by atoms with Crippen LogP contribution in [0.2, 0.25) is 0 Å². The highest BCUT2D eigenvalue weighted by molar-refractivity contribution is 14.1. The van der Waals surface area contributed by atoms with Gasteiger partial charge in [0, 0.05) is 9.26 Å². The maximum Gasteiger partial charge on any atom is 0.315 e. The van der Waals surface area contributed by atoms with Gasteiger partial charge in [-0.1, -0.05) is 0 Å². The minimum Gasteiger partial charge on any atom is -0.466 e. The highest BCUT2D eigenvalue weighted by atomic mass is 127. The molecule has 4 nitrogen and oxygen atoms in total. The van der Waals surface area contributed by atoms with E-state index in [0.717, 1.165) is 3.57 Å². The maximum absolute atomic E-state index is 11.4. The van der Waals surface area contributed by atoms with Crippen molar-refractivity contribution in [1.82, 2.24) is 0 Å². The summed E-state index contributed by atoms with van der Waals surface area (Å²) < 4.78 is 5.75. The van der Waals surface area contributed by atoms with Crippen LogP contribution < -0.4 is 5.32 Å². The number of halogens is 1. The van der Waals surface area contributed by atoms with Crippen LogP contribution in [0.1, 0.15) is 13.3 Å². The third-order valence-corrected chi connectivity index (χ3v) is 2.46. The van der Waals surface area contributed by atoms with E-state index < -0.39 is 5.97 Å². The summed E-state index contributed by atoms with van der Waals surface area (Å²) >= 11 is 2.17. The number of rotatable bonds is 4. The predicted octanol–water partition coefficient (Wildman–Crippen LogP) is 2.18. The van der Waals surface area contributed by atoms with Crippen LogP contribution in [0.15, 0.2) is 24.3 Å². The van der Waals surface area contributed by atoms with Gasteiger partial charge in [-0.05, 0) is 53.8 Å². The monoisotopic (exact) mass is 333 g/mol. The van der Waals surface area contributed by atoms with E-state index >= 15 is 0 Å². The largest absolute Gasteiger partial charge is 0.466 e. The van der Waals surface area contributed by atoms with Crippen LogP contribution in [-0.4, -0.2) is 18.5 Å². The fourth-order valence-electron chi connectivity index (χ4n) is 1.08. The van der Waals surface area contributed by atoms with E-state index in [2.05, 4.69) is 32.6 Å². The SMILES string of the molecule is CCOC(=O)CC(=O)Nc1ccc(I)cc1. The molecule has 1 rings (SSSR count). The number of ether oxygens (including phenoxy) is 1. The van der Waals surface area contributed by atoms with E-state index in [1.165, 1.54) is 0 Å². The molecule has 1 aromatic carbocycles. The summed E-state index contributed by atoms with van der Waals surface area (Å²) in [5.74, 6) is -0.870. The molecule has 0 heterocycles. The first-order valence-corrected chi connectivity index (χ1v) is 5.90. The van der Waals surface area contributed by atoms with Gasteiger partial charge in [-0.25, -0.2) is 0 Å². The second-order valence-corrected chi connectivity index (χ2v) is 4.28. The van der Waals surface area contributed by atoms with Gasteiger partial charge in [-0.15, -0.1) is 0 Å². The summed E-state index contributed by atoms with van der Waals surface area (Å²) in [6.45, 7) is 1.99. The Labute approximate surface area is 108 Å². The van der Waals surface area contributed by atoms with Crippen molar-refractivity contribution in [2.75, 3.05) is 11.9 Å². The van der Waals surface area contributed by atoms with Gasteiger partial charge < -0.3 is 10.1 Å². The lowest BCUT2D eigenvalue weighted by Gasteiger charge is -2.04. The molecule has 0 spiro atoms. The molecule has 1 aromatic rings. The Morgan fingerprint density at radius 3 is 2.50 bits per heavy atom. The first-order valence-electron chi connectivity index (χ1n) is 4.83. The van der Waals surface area contributed by atoms with Crippen molar-refractivity contribution in [3.05, 3.63) is 27.8 Å². The van der Waals surface area contributed by atoms with Crippen LogP contribution in [0.5, 0.6) is 0 Å². The Bertz CT molecular complexity index is 375. The van der Waals surface area contributed by atoms with Gasteiger partial charge in [-0.3, -0.25) is 9.59 Å². The van der Waals surface area contributed by atoms with E-state index in [9.17, 15) is 9.59 Å². The number of benzene rings is 1. The summed E-state index contributed by atoms with van der Waals surface area (Å²) in [6, 6.07) is 7.32. The van der Waals surface area contributed by atoms with Gasteiger partial charge in [0.25, 0.3) is 0 Å². The van der Waals surface area contributed by atoms with Gasteiger partial charge in [0.1, 0.15) is 6.42 Å². The molecule has 0 radical (unpaired) electrons. The molecule has 0 bridgehead atoms. The van der Waals surface area contributed by atoms with Crippen molar-refractivity contribution >= 4 is 40.2 Å². The van der Waals surface area contributed by atoms with Crippen molar-refractivity contribution < 1.29 is 14.3 Å². The fourth-order valence-corrected chi connectivity index (χ4v) is 1.44. The fraction of sp³-hybridized carbons (Fsp3) is 0.273. The minimum absolute atomic E-state index is 0.250. The lowest BCUT2D eigenvalue weighted by atomic mass is 10.3. The molecule has 0 saturated carbocycles. The molecule has 0 aliphatic carbocycles. The molecular formula is C11H12INO3. The molecule has 0 aliphatic heterocycles. The van der Waals surface area contributed by atoms with Gasteiger partial charge in [0.2, 0.25) is 5.91 Å². The number of amides is 1. The molecule has 0 aliphatic rings. The Hall–Kier alpha value is -1.11. The summed E-state index contributed by atoms with van der Waals surface area (Å²) in [7, 11) is 0.